The zero-order valence-corrected chi connectivity index (χ0v) is 15.2. The molecule has 2 aromatic rings. The van der Waals surface area contributed by atoms with E-state index in [2.05, 4.69) is 15.8 Å². The molecule has 25 heavy (non-hydrogen) atoms. The third-order valence-electron chi connectivity index (χ3n) is 3.05. The number of amides is 2. The van der Waals surface area contributed by atoms with E-state index in [0.29, 0.717) is 20.8 Å². The molecular weight excluding hydrogens is 385 g/mol. The molecule has 130 valence electrons. The van der Waals surface area contributed by atoms with Gasteiger partial charge in [0.15, 0.2) is 0 Å². The van der Waals surface area contributed by atoms with Crippen LogP contribution in [-0.4, -0.2) is 18.0 Å². The predicted octanol–water partition coefficient (Wildman–Crippen LogP) is 4.52. The number of nitrogens with zero attached hydrogens (tertiary/aromatic N) is 1. The highest BCUT2D eigenvalue weighted by molar-refractivity contribution is 6.35. The van der Waals surface area contributed by atoms with Crippen LogP contribution in [0, 0.1) is 0 Å². The van der Waals surface area contributed by atoms with E-state index in [-0.39, 0.29) is 24.7 Å². The third-order valence-corrected chi connectivity index (χ3v) is 3.87. The van der Waals surface area contributed by atoms with Crippen molar-refractivity contribution in [1.29, 1.82) is 0 Å². The van der Waals surface area contributed by atoms with Gasteiger partial charge in [0.25, 0.3) is 0 Å². The number of hydrogen-bond donors (Lipinski definition) is 2. The number of halogens is 3. The second-order valence-electron chi connectivity index (χ2n) is 5.02. The lowest BCUT2D eigenvalue weighted by Gasteiger charge is -2.07. The highest BCUT2D eigenvalue weighted by atomic mass is 35.5. The second-order valence-corrected chi connectivity index (χ2v) is 6.30. The summed E-state index contributed by atoms with van der Waals surface area (Å²) in [6, 6.07) is 11.7. The molecule has 5 nitrogen and oxygen atoms in total. The molecule has 2 rings (SSSR count). The summed E-state index contributed by atoms with van der Waals surface area (Å²) in [6.45, 7) is 0. The molecule has 0 aliphatic heterocycles. The minimum atomic E-state index is -0.377. The first kappa shape index (κ1) is 19.2. The van der Waals surface area contributed by atoms with Gasteiger partial charge in [-0.05, 0) is 35.9 Å². The van der Waals surface area contributed by atoms with Gasteiger partial charge in [0.1, 0.15) is 0 Å². The zero-order valence-electron chi connectivity index (χ0n) is 12.9. The maximum atomic E-state index is 11.9. The van der Waals surface area contributed by atoms with E-state index < -0.39 is 0 Å². The smallest absolute Gasteiger partial charge is 0.240 e. The molecule has 2 aromatic carbocycles. The van der Waals surface area contributed by atoms with Crippen molar-refractivity contribution in [1.82, 2.24) is 5.43 Å². The van der Waals surface area contributed by atoms with Crippen LogP contribution >= 0.6 is 34.8 Å². The number of carbonyl (C=O) groups is 2. The molecule has 0 saturated carbocycles. The molecule has 0 spiro atoms. The fraction of sp³-hybridized carbons (Fsp3) is 0.118. The molecule has 0 unspecified atom stereocenters. The monoisotopic (exact) mass is 397 g/mol. The molecule has 0 atom stereocenters. The van der Waals surface area contributed by atoms with Gasteiger partial charge in [-0.1, -0.05) is 46.9 Å². The molecule has 0 saturated heterocycles. The van der Waals surface area contributed by atoms with Crippen molar-refractivity contribution >= 4 is 58.5 Å². The van der Waals surface area contributed by atoms with E-state index in [1.54, 1.807) is 36.4 Å². The molecule has 8 heteroatoms. The molecule has 0 aliphatic carbocycles. The zero-order chi connectivity index (χ0) is 18.2. The molecule has 0 bridgehead atoms. The van der Waals surface area contributed by atoms with Gasteiger partial charge in [-0.15, -0.1) is 0 Å². The van der Waals surface area contributed by atoms with Gasteiger partial charge >= 0.3 is 0 Å². The van der Waals surface area contributed by atoms with E-state index in [4.69, 9.17) is 34.8 Å². The number of carbonyl (C=O) groups excluding carboxylic acids is 2. The first-order valence-corrected chi connectivity index (χ1v) is 8.40. The Labute approximate surface area is 160 Å². The van der Waals surface area contributed by atoms with Crippen LogP contribution in [0.1, 0.15) is 18.4 Å². The van der Waals surface area contributed by atoms with Crippen molar-refractivity contribution in [3.63, 3.8) is 0 Å². The van der Waals surface area contributed by atoms with Gasteiger partial charge in [-0.2, -0.15) is 5.10 Å². The van der Waals surface area contributed by atoms with Crippen LogP contribution < -0.4 is 10.7 Å². The molecule has 0 fully saturated rings. The highest BCUT2D eigenvalue weighted by Gasteiger charge is 2.09. The number of hydrazone groups is 1. The maximum absolute atomic E-state index is 11.9. The number of anilines is 1. The Hall–Kier alpha value is -2.08. The summed E-state index contributed by atoms with van der Waals surface area (Å²) >= 11 is 17.6. The molecule has 0 aliphatic rings. The standard InChI is InChI=1S/C17H14Cl3N3O2/c18-12-3-1-11(2-4-12)10-21-23-17(25)8-7-16(24)22-15-9-13(19)5-6-14(15)20/h1-6,9-10H,7-8H2,(H,22,24)(H,23,25)/b21-10+. The van der Waals surface area contributed by atoms with E-state index in [0.717, 1.165) is 5.56 Å². The molecule has 2 amide bonds. The minimum Gasteiger partial charge on any atom is -0.325 e. The SMILES string of the molecule is O=C(CCC(=O)Nc1cc(Cl)ccc1Cl)N/N=C/c1ccc(Cl)cc1. The van der Waals surface area contributed by atoms with Crippen molar-refractivity contribution in [2.45, 2.75) is 12.8 Å². The summed E-state index contributed by atoms with van der Waals surface area (Å²) in [4.78, 5) is 23.6. The maximum Gasteiger partial charge on any atom is 0.240 e. The Bertz CT molecular complexity index is 792. The summed E-state index contributed by atoms with van der Waals surface area (Å²) < 4.78 is 0. The lowest BCUT2D eigenvalue weighted by molar-refractivity contribution is -0.124. The molecule has 0 heterocycles. The lowest BCUT2D eigenvalue weighted by Crippen LogP contribution is -2.20. The summed E-state index contributed by atoms with van der Waals surface area (Å²) in [5.74, 6) is -0.724. The van der Waals surface area contributed by atoms with E-state index >= 15 is 0 Å². The van der Waals surface area contributed by atoms with Crippen molar-refractivity contribution in [3.8, 4) is 0 Å². The Balaban J connectivity index is 1.76. The van der Waals surface area contributed by atoms with Gasteiger partial charge in [-0.25, -0.2) is 5.43 Å². The van der Waals surface area contributed by atoms with E-state index in [1.165, 1.54) is 12.3 Å². The topological polar surface area (TPSA) is 70.6 Å². The van der Waals surface area contributed by atoms with Crippen LogP contribution in [0.2, 0.25) is 15.1 Å². The van der Waals surface area contributed by atoms with Crippen molar-refractivity contribution in [2.75, 3.05) is 5.32 Å². The number of benzene rings is 2. The minimum absolute atomic E-state index is 0.00879. The van der Waals surface area contributed by atoms with Crippen LogP contribution in [0.25, 0.3) is 0 Å². The largest absolute Gasteiger partial charge is 0.325 e. The number of nitrogens with one attached hydrogen (secondary N) is 2. The normalized spacial score (nSPS) is 10.7. The van der Waals surface area contributed by atoms with Gasteiger partial charge in [0.2, 0.25) is 11.8 Å². The second kappa shape index (κ2) is 9.42. The van der Waals surface area contributed by atoms with Crippen LogP contribution in [0.15, 0.2) is 47.6 Å². The number of rotatable bonds is 6. The Kier molecular flexibility index (Phi) is 7.25. The van der Waals surface area contributed by atoms with Gasteiger partial charge in [0.05, 0.1) is 16.9 Å². The molecule has 2 N–H and O–H groups in total. The number of hydrogen-bond acceptors (Lipinski definition) is 3. The molecule has 0 aromatic heterocycles. The Morgan fingerprint density at radius 1 is 0.920 bits per heavy atom. The first-order valence-electron chi connectivity index (χ1n) is 7.26. The van der Waals surface area contributed by atoms with Crippen molar-refractivity contribution in [2.24, 2.45) is 5.10 Å². The summed E-state index contributed by atoms with van der Waals surface area (Å²) in [5.41, 5.74) is 3.55. The molecular formula is C17H14Cl3N3O2. The van der Waals surface area contributed by atoms with Crippen LogP contribution in [0.4, 0.5) is 5.69 Å². The van der Waals surface area contributed by atoms with Gasteiger partial charge < -0.3 is 5.32 Å². The predicted molar refractivity (Wildman–Crippen MR) is 102 cm³/mol. The molecule has 0 radical (unpaired) electrons. The quantitative estimate of drug-likeness (QED) is 0.555. The highest BCUT2D eigenvalue weighted by Crippen LogP contribution is 2.25. The fourth-order valence-corrected chi connectivity index (χ4v) is 2.28. The summed E-state index contributed by atoms with van der Waals surface area (Å²) in [7, 11) is 0. The van der Waals surface area contributed by atoms with Gasteiger partial charge in [0, 0.05) is 22.9 Å². The van der Waals surface area contributed by atoms with Crippen molar-refractivity contribution in [3.05, 3.63) is 63.1 Å². The van der Waals surface area contributed by atoms with Crippen molar-refractivity contribution < 1.29 is 9.59 Å². The fourth-order valence-electron chi connectivity index (χ4n) is 1.82. The van der Waals surface area contributed by atoms with E-state index in [1.807, 2.05) is 0 Å². The average molecular weight is 399 g/mol. The van der Waals surface area contributed by atoms with Crippen LogP contribution in [0.3, 0.4) is 0 Å². The van der Waals surface area contributed by atoms with Crippen LogP contribution in [0.5, 0.6) is 0 Å². The van der Waals surface area contributed by atoms with E-state index in [9.17, 15) is 9.59 Å². The third kappa shape index (κ3) is 6.74. The summed E-state index contributed by atoms with van der Waals surface area (Å²) in [5, 5.41) is 7.87. The average Bonchev–Trinajstić information content (AvgIpc) is 2.58. The summed E-state index contributed by atoms with van der Waals surface area (Å²) in [6.07, 6.45) is 1.47. The lowest BCUT2D eigenvalue weighted by atomic mass is 10.2. The Morgan fingerprint density at radius 3 is 2.28 bits per heavy atom. The van der Waals surface area contributed by atoms with Gasteiger partial charge in [-0.3, -0.25) is 9.59 Å². The van der Waals surface area contributed by atoms with Crippen LogP contribution in [-0.2, 0) is 9.59 Å². The Morgan fingerprint density at radius 2 is 1.56 bits per heavy atom. The first-order chi connectivity index (χ1) is 11.9.